The first kappa shape index (κ1) is 10.0. The van der Waals surface area contributed by atoms with Gasteiger partial charge >= 0.3 is 23.0 Å². The zero-order valence-electron chi connectivity index (χ0n) is 5.41. The van der Waals surface area contributed by atoms with E-state index in [4.69, 9.17) is 10.2 Å². The number of aromatic hydroxyl groups is 1. The van der Waals surface area contributed by atoms with Crippen LogP contribution in [0.25, 0.3) is 0 Å². The summed E-state index contributed by atoms with van der Waals surface area (Å²) in [6.07, 6.45) is 0. The molecular weight excluding hydrogens is 196 g/mol. The second kappa shape index (κ2) is 4.01. The van der Waals surface area contributed by atoms with Crippen LogP contribution >= 0.6 is 0 Å². The van der Waals surface area contributed by atoms with Crippen LogP contribution in [0.5, 0.6) is 5.75 Å². The molecule has 0 amide bonds. The molecule has 4 heteroatoms. The van der Waals surface area contributed by atoms with E-state index in [1.54, 1.807) is 12.1 Å². The van der Waals surface area contributed by atoms with E-state index < -0.39 is 5.97 Å². The number of rotatable bonds is 1. The number of para-hydroxylation sites is 1. The van der Waals surface area contributed by atoms with Crippen molar-refractivity contribution in [2.24, 2.45) is 0 Å². The van der Waals surface area contributed by atoms with Crippen LogP contribution in [-0.4, -0.2) is 16.2 Å². The van der Waals surface area contributed by atoms with Crippen molar-refractivity contribution in [3.05, 3.63) is 29.8 Å². The normalized spacial score (nSPS) is 8.36. The number of hydrogen-bond donors (Lipinski definition) is 2. The maximum absolute atomic E-state index is 10.3. The topological polar surface area (TPSA) is 57.5 Å². The van der Waals surface area contributed by atoms with Gasteiger partial charge in [0.05, 0.1) is 0 Å². The molecule has 0 unspecified atom stereocenters. The Morgan fingerprint density at radius 1 is 1.27 bits per heavy atom. The van der Waals surface area contributed by atoms with E-state index in [0.717, 1.165) is 0 Å². The van der Waals surface area contributed by atoms with Crippen molar-refractivity contribution in [1.29, 1.82) is 0 Å². The third-order valence-corrected chi connectivity index (χ3v) is 1.13. The van der Waals surface area contributed by atoms with E-state index in [1.165, 1.54) is 12.1 Å². The molecule has 0 heterocycles. The van der Waals surface area contributed by atoms with Crippen molar-refractivity contribution in [3.63, 3.8) is 0 Å². The standard InChI is InChI=1S/C7H6O3.Cu/c8-6-4-2-1-3-5(6)7(9)10;/h1-4,8H,(H,9,10);/q;+2. The molecule has 0 fully saturated rings. The van der Waals surface area contributed by atoms with Gasteiger partial charge in [0.1, 0.15) is 11.3 Å². The summed E-state index contributed by atoms with van der Waals surface area (Å²) in [5.41, 5.74) is -0.0671. The molecule has 1 rings (SSSR count). The maximum atomic E-state index is 10.3. The van der Waals surface area contributed by atoms with E-state index in [9.17, 15) is 4.79 Å². The van der Waals surface area contributed by atoms with Crippen LogP contribution < -0.4 is 0 Å². The van der Waals surface area contributed by atoms with E-state index in [1.807, 2.05) is 0 Å². The molecule has 0 saturated heterocycles. The number of carboxylic acids is 1. The SMILES string of the molecule is O=C(O)c1ccccc1O.[Cu+2]. The number of carbonyl (C=O) groups is 1. The van der Waals surface area contributed by atoms with Crippen molar-refractivity contribution in [2.45, 2.75) is 0 Å². The minimum atomic E-state index is -1.11. The Bertz CT molecular complexity index is 260. The molecule has 61 valence electrons. The monoisotopic (exact) mass is 201 g/mol. The second-order valence-corrected chi connectivity index (χ2v) is 1.82. The summed E-state index contributed by atoms with van der Waals surface area (Å²) < 4.78 is 0. The van der Waals surface area contributed by atoms with Crippen LogP contribution in [0.2, 0.25) is 0 Å². The number of carboxylic acid groups (broad SMARTS) is 1. The van der Waals surface area contributed by atoms with Crippen LogP contribution in [0.3, 0.4) is 0 Å². The van der Waals surface area contributed by atoms with Crippen LogP contribution in [0.1, 0.15) is 10.4 Å². The molecule has 0 saturated carbocycles. The Kier molecular flexibility index (Phi) is 3.65. The van der Waals surface area contributed by atoms with Gasteiger partial charge in [-0.2, -0.15) is 0 Å². The Labute approximate surface area is 74.1 Å². The Morgan fingerprint density at radius 3 is 2.18 bits per heavy atom. The fraction of sp³-hybridized carbons (Fsp3) is 0. The molecule has 1 aromatic rings. The fourth-order valence-corrected chi connectivity index (χ4v) is 0.654. The van der Waals surface area contributed by atoms with Gasteiger partial charge in [0.2, 0.25) is 0 Å². The van der Waals surface area contributed by atoms with Gasteiger partial charge in [0.15, 0.2) is 0 Å². The molecule has 1 aromatic carbocycles. The molecule has 0 aliphatic heterocycles. The third kappa shape index (κ3) is 2.26. The summed E-state index contributed by atoms with van der Waals surface area (Å²) in [6, 6.07) is 5.81. The van der Waals surface area contributed by atoms with Crippen LogP contribution in [0.15, 0.2) is 24.3 Å². The van der Waals surface area contributed by atoms with Gasteiger partial charge in [0, 0.05) is 0 Å². The number of hydrogen-bond acceptors (Lipinski definition) is 2. The summed E-state index contributed by atoms with van der Waals surface area (Å²) in [4.78, 5) is 10.3. The molecule has 0 aromatic heterocycles. The molecule has 0 spiro atoms. The Balaban J connectivity index is 0.000001000. The van der Waals surface area contributed by atoms with Gasteiger partial charge in [-0.25, -0.2) is 4.79 Å². The minimum absolute atomic E-state index is 0. The van der Waals surface area contributed by atoms with E-state index in [-0.39, 0.29) is 28.4 Å². The largest absolute Gasteiger partial charge is 2.00 e. The number of phenols is 1. The van der Waals surface area contributed by atoms with Crippen molar-refractivity contribution in [2.75, 3.05) is 0 Å². The molecular formula is C7H6CuO3+2. The summed E-state index contributed by atoms with van der Waals surface area (Å²) in [5.74, 6) is -1.31. The van der Waals surface area contributed by atoms with Crippen LogP contribution in [0.4, 0.5) is 0 Å². The molecule has 3 nitrogen and oxygen atoms in total. The number of benzene rings is 1. The van der Waals surface area contributed by atoms with Gasteiger partial charge in [-0.1, -0.05) is 12.1 Å². The quantitative estimate of drug-likeness (QED) is 0.669. The Morgan fingerprint density at radius 2 is 1.82 bits per heavy atom. The average Bonchev–Trinajstić information content (AvgIpc) is 1.88. The second-order valence-electron chi connectivity index (χ2n) is 1.82. The van der Waals surface area contributed by atoms with Crippen molar-refractivity contribution in [1.82, 2.24) is 0 Å². The first-order valence-electron chi connectivity index (χ1n) is 2.73. The summed E-state index contributed by atoms with van der Waals surface area (Å²) >= 11 is 0. The minimum Gasteiger partial charge on any atom is -0.507 e. The molecule has 0 atom stereocenters. The molecule has 0 aliphatic rings. The average molecular weight is 202 g/mol. The zero-order valence-corrected chi connectivity index (χ0v) is 6.36. The molecule has 1 radical (unpaired) electrons. The van der Waals surface area contributed by atoms with E-state index in [0.29, 0.717) is 0 Å². The molecule has 2 N–H and O–H groups in total. The van der Waals surface area contributed by atoms with Gasteiger partial charge < -0.3 is 10.2 Å². The summed E-state index contributed by atoms with van der Waals surface area (Å²) in [6.45, 7) is 0. The van der Waals surface area contributed by atoms with E-state index >= 15 is 0 Å². The van der Waals surface area contributed by atoms with Crippen molar-refractivity contribution in [3.8, 4) is 5.75 Å². The number of aromatic carboxylic acids is 1. The van der Waals surface area contributed by atoms with Crippen molar-refractivity contribution >= 4 is 5.97 Å². The van der Waals surface area contributed by atoms with Gasteiger partial charge in [0.25, 0.3) is 0 Å². The van der Waals surface area contributed by atoms with E-state index in [2.05, 4.69) is 0 Å². The maximum Gasteiger partial charge on any atom is 2.00 e. The zero-order chi connectivity index (χ0) is 7.56. The first-order valence-corrected chi connectivity index (χ1v) is 2.73. The fourth-order valence-electron chi connectivity index (χ4n) is 0.654. The van der Waals surface area contributed by atoms with Crippen molar-refractivity contribution < 1.29 is 32.1 Å². The van der Waals surface area contributed by atoms with Crippen LogP contribution in [-0.2, 0) is 17.1 Å². The predicted octanol–water partition coefficient (Wildman–Crippen LogP) is 1.09. The third-order valence-electron chi connectivity index (χ3n) is 1.13. The van der Waals surface area contributed by atoms with Crippen LogP contribution in [0, 0.1) is 0 Å². The Hall–Kier alpha value is -0.991. The van der Waals surface area contributed by atoms with Gasteiger partial charge in [-0.15, -0.1) is 0 Å². The molecule has 11 heavy (non-hydrogen) atoms. The predicted molar refractivity (Wildman–Crippen MR) is 35.1 cm³/mol. The van der Waals surface area contributed by atoms with Gasteiger partial charge in [-0.3, -0.25) is 0 Å². The van der Waals surface area contributed by atoms with Gasteiger partial charge in [-0.05, 0) is 12.1 Å². The first-order chi connectivity index (χ1) is 4.72. The molecule has 0 bridgehead atoms. The smallest absolute Gasteiger partial charge is 0.507 e. The summed E-state index contributed by atoms with van der Waals surface area (Å²) in [7, 11) is 0. The summed E-state index contributed by atoms with van der Waals surface area (Å²) in [5, 5.41) is 17.3. The molecule has 0 aliphatic carbocycles.